The van der Waals surface area contributed by atoms with Crippen LogP contribution >= 0.6 is 0 Å². The van der Waals surface area contributed by atoms with Crippen molar-refractivity contribution >= 4 is 11.8 Å². The van der Waals surface area contributed by atoms with E-state index in [0.717, 1.165) is 12.1 Å². The highest BCUT2D eigenvalue weighted by Crippen LogP contribution is 2.46. The zero-order chi connectivity index (χ0) is 21.1. The van der Waals surface area contributed by atoms with Gasteiger partial charge in [-0.2, -0.15) is 0 Å². The molecule has 4 rings (SSSR count). The monoisotopic (exact) mass is 406 g/mol. The quantitative estimate of drug-likeness (QED) is 0.740. The second-order valence-corrected chi connectivity index (χ2v) is 8.48. The van der Waals surface area contributed by atoms with Crippen molar-refractivity contribution in [3.63, 3.8) is 0 Å². The Morgan fingerprint density at radius 3 is 2.43 bits per heavy atom. The van der Waals surface area contributed by atoms with Crippen LogP contribution in [0, 0.1) is 18.8 Å². The fourth-order valence-electron chi connectivity index (χ4n) is 5.04. The van der Waals surface area contributed by atoms with E-state index in [1.807, 2.05) is 47.4 Å². The Kier molecular flexibility index (Phi) is 6.18. The Labute approximate surface area is 178 Å². The highest BCUT2D eigenvalue weighted by atomic mass is 16.5. The molecular formula is C25H30N2O3. The highest BCUT2D eigenvalue weighted by molar-refractivity contribution is 5.80. The number of rotatable bonds is 6. The van der Waals surface area contributed by atoms with Gasteiger partial charge in [0.15, 0.2) is 0 Å². The van der Waals surface area contributed by atoms with Gasteiger partial charge in [-0.05, 0) is 23.6 Å². The fourth-order valence-corrected chi connectivity index (χ4v) is 5.04. The van der Waals surface area contributed by atoms with Crippen LogP contribution in [0.2, 0.25) is 0 Å². The second kappa shape index (κ2) is 9.00. The van der Waals surface area contributed by atoms with Crippen LogP contribution in [0.15, 0.2) is 54.6 Å². The first kappa shape index (κ1) is 20.6. The molecule has 2 aliphatic rings. The van der Waals surface area contributed by atoms with Crippen molar-refractivity contribution in [3.05, 3.63) is 71.3 Å². The average molecular weight is 407 g/mol. The summed E-state index contributed by atoms with van der Waals surface area (Å²) in [6.07, 6.45) is 0.834. The summed E-state index contributed by atoms with van der Waals surface area (Å²) in [6.45, 7) is 4.71. The summed E-state index contributed by atoms with van der Waals surface area (Å²) in [5.74, 6) is 0.913. The number of carbonyl (C=O) groups is 2. The van der Waals surface area contributed by atoms with Crippen molar-refractivity contribution in [3.8, 4) is 0 Å². The molecule has 158 valence electrons. The molecule has 0 spiro atoms. The zero-order valence-electron chi connectivity index (χ0n) is 17.8. The van der Waals surface area contributed by atoms with E-state index >= 15 is 0 Å². The number of carbonyl (C=O) groups excluding carboxylic acids is 2. The number of nitrogens with zero attached hydrogens (tertiary/aromatic N) is 2. The summed E-state index contributed by atoms with van der Waals surface area (Å²) in [7, 11) is 1.62. The van der Waals surface area contributed by atoms with Gasteiger partial charge in [-0.3, -0.25) is 9.59 Å². The molecule has 2 fully saturated rings. The Morgan fingerprint density at radius 1 is 0.967 bits per heavy atom. The fraction of sp³-hybridized carbons (Fsp3) is 0.440. The predicted molar refractivity (Wildman–Crippen MR) is 116 cm³/mol. The van der Waals surface area contributed by atoms with Crippen molar-refractivity contribution in [1.29, 1.82) is 0 Å². The van der Waals surface area contributed by atoms with E-state index in [1.54, 1.807) is 7.11 Å². The van der Waals surface area contributed by atoms with E-state index in [-0.39, 0.29) is 23.8 Å². The van der Waals surface area contributed by atoms with Crippen LogP contribution in [0.5, 0.6) is 0 Å². The molecule has 0 unspecified atom stereocenters. The third-order valence-electron chi connectivity index (χ3n) is 6.56. The van der Waals surface area contributed by atoms with E-state index in [2.05, 4.69) is 24.0 Å². The predicted octanol–water partition coefficient (Wildman–Crippen LogP) is 3.23. The van der Waals surface area contributed by atoms with Crippen LogP contribution < -0.4 is 0 Å². The molecule has 2 aliphatic heterocycles. The summed E-state index contributed by atoms with van der Waals surface area (Å²) in [5.41, 5.74) is 3.45. The molecule has 2 amide bonds. The van der Waals surface area contributed by atoms with Crippen molar-refractivity contribution in [2.45, 2.75) is 25.8 Å². The Hall–Kier alpha value is -2.66. The van der Waals surface area contributed by atoms with Gasteiger partial charge in [-0.25, -0.2) is 0 Å². The van der Waals surface area contributed by atoms with Crippen LogP contribution in [0.25, 0.3) is 0 Å². The first-order chi connectivity index (χ1) is 14.6. The van der Waals surface area contributed by atoms with Crippen LogP contribution in [0.4, 0.5) is 0 Å². The molecule has 2 saturated heterocycles. The van der Waals surface area contributed by atoms with Gasteiger partial charge in [-0.15, -0.1) is 0 Å². The Balaban J connectivity index is 1.57. The zero-order valence-corrected chi connectivity index (χ0v) is 17.8. The van der Waals surface area contributed by atoms with Gasteiger partial charge in [0.05, 0.1) is 25.5 Å². The van der Waals surface area contributed by atoms with Gasteiger partial charge in [0.1, 0.15) is 0 Å². The standard InChI is InChI=1S/C25H30N2O3/c1-18-8-6-7-11-21(18)25-22-17-26(23(28)12-13-30-2)15-20(22)16-27(25)24(29)14-19-9-4-3-5-10-19/h3-11,20,22,25H,12-17H2,1-2H3/t20-,22-,25+/m0/s1. The average Bonchev–Trinajstić information content (AvgIpc) is 3.31. The van der Waals surface area contributed by atoms with Crippen molar-refractivity contribution in [1.82, 2.24) is 9.80 Å². The minimum atomic E-state index is 0.0210. The summed E-state index contributed by atoms with van der Waals surface area (Å²) < 4.78 is 5.08. The van der Waals surface area contributed by atoms with Gasteiger partial charge in [0.2, 0.25) is 11.8 Å². The van der Waals surface area contributed by atoms with Gasteiger partial charge in [0, 0.05) is 38.6 Å². The van der Waals surface area contributed by atoms with E-state index < -0.39 is 0 Å². The number of methoxy groups -OCH3 is 1. The molecule has 0 N–H and O–H groups in total. The molecule has 0 aromatic heterocycles. The van der Waals surface area contributed by atoms with Crippen molar-refractivity contribution < 1.29 is 14.3 Å². The number of benzene rings is 2. The molecule has 5 nitrogen and oxygen atoms in total. The molecule has 0 bridgehead atoms. The summed E-state index contributed by atoms with van der Waals surface area (Å²) in [6, 6.07) is 18.3. The second-order valence-electron chi connectivity index (χ2n) is 8.48. The van der Waals surface area contributed by atoms with E-state index in [1.165, 1.54) is 11.1 Å². The van der Waals surface area contributed by atoms with Crippen molar-refractivity contribution in [2.75, 3.05) is 33.4 Å². The van der Waals surface area contributed by atoms with Crippen LogP contribution in [0.1, 0.15) is 29.2 Å². The maximum atomic E-state index is 13.3. The number of aryl methyl sites for hydroxylation is 1. The first-order valence-electron chi connectivity index (χ1n) is 10.7. The van der Waals surface area contributed by atoms with E-state index in [4.69, 9.17) is 4.74 Å². The van der Waals surface area contributed by atoms with Gasteiger partial charge < -0.3 is 14.5 Å². The van der Waals surface area contributed by atoms with Crippen molar-refractivity contribution in [2.24, 2.45) is 11.8 Å². The summed E-state index contributed by atoms with van der Waals surface area (Å²) in [5, 5.41) is 0. The molecular weight excluding hydrogens is 376 g/mol. The van der Waals surface area contributed by atoms with E-state index in [0.29, 0.717) is 38.5 Å². The molecule has 2 heterocycles. The number of amides is 2. The topological polar surface area (TPSA) is 49.9 Å². The molecule has 0 saturated carbocycles. The molecule has 0 radical (unpaired) electrons. The lowest BCUT2D eigenvalue weighted by Gasteiger charge is -2.31. The molecule has 30 heavy (non-hydrogen) atoms. The van der Waals surface area contributed by atoms with Gasteiger partial charge >= 0.3 is 0 Å². The number of fused-ring (bicyclic) bond motifs is 1. The Morgan fingerprint density at radius 2 is 1.70 bits per heavy atom. The molecule has 5 heteroatoms. The van der Waals surface area contributed by atoms with E-state index in [9.17, 15) is 9.59 Å². The number of hydrogen-bond donors (Lipinski definition) is 0. The van der Waals surface area contributed by atoms with Gasteiger partial charge in [-0.1, -0.05) is 54.6 Å². The third kappa shape index (κ3) is 4.12. The third-order valence-corrected chi connectivity index (χ3v) is 6.56. The summed E-state index contributed by atoms with van der Waals surface area (Å²) in [4.78, 5) is 29.9. The number of hydrogen-bond acceptors (Lipinski definition) is 3. The molecule has 2 aromatic carbocycles. The first-order valence-corrected chi connectivity index (χ1v) is 10.7. The molecule has 2 aromatic rings. The van der Waals surface area contributed by atoms with Crippen LogP contribution in [0.3, 0.4) is 0 Å². The number of ether oxygens (including phenoxy) is 1. The lowest BCUT2D eigenvalue weighted by Crippen LogP contribution is -2.38. The smallest absolute Gasteiger partial charge is 0.227 e. The normalized spacial score (nSPS) is 22.9. The lowest BCUT2D eigenvalue weighted by atomic mass is 9.87. The minimum absolute atomic E-state index is 0.0210. The number of likely N-dealkylation sites (tertiary alicyclic amines) is 2. The largest absolute Gasteiger partial charge is 0.384 e. The Bertz CT molecular complexity index is 898. The molecule has 0 aliphatic carbocycles. The summed E-state index contributed by atoms with van der Waals surface area (Å²) >= 11 is 0. The molecule has 3 atom stereocenters. The SMILES string of the molecule is COCCC(=O)N1C[C@H]2CN(C(=O)Cc3ccccc3)[C@H](c3ccccc3C)[C@H]2C1. The minimum Gasteiger partial charge on any atom is -0.384 e. The maximum Gasteiger partial charge on any atom is 0.227 e. The van der Waals surface area contributed by atoms with Crippen LogP contribution in [-0.4, -0.2) is 55.0 Å². The lowest BCUT2D eigenvalue weighted by molar-refractivity contribution is -0.133. The van der Waals surface area contributed by atoms with Gasteiger partial charge in [0.25, 0.3) is 0 Å². The van der Waals surface area contributed by atoms with Crippen LogP contribution in [-0.2, 0) is 20.7 Å². The maximum absolute atomic E-state index is 13.3. The highest BCUT2D eigenvalue weighted by Gasteiger charge is 2.50.